The molecule has 4 heteroatoms. The lowest BCUT2D eigenvalue weighted by Gasteiger charge is -2.11. The highest BCUT2D eigenvalue weighted by molar-refractivity contribution is 5.80. The van der Waals surface area contributed by atoms with E-state index in [0.717, 1.165) is 11.8 Å². The van der Waals surface area contributed by atoms with E-state index in [1.54, 1.807) is 28.8 Å². The Morgan fingerprint density at radius 1 is 0.821 bits per heavy atom. The van der Waals surface area contributed by atoms with Crippen molar-refractivity contribution in [1.29, 1.82) is 0 Å². The van der Waals surface area contributed by atoms with Crippen LogP contribution in [-0.4, -0.2) is 16.3 Å². The Hall–Kier alpha value is -1.81. The van der Waals surface area contributed by atoms with Crippen molar-refractivity contribution in [2.24, 2.45) is 0 Å². The van der Waals surface area contributed by atoms with Gasteiger partial charge in [0.2, 0.25) is 0 Å². The van der Waals surface area contributed by atoms with Crippen LogP contribution in [0.3, 0.4) is 0 Å². The number of unbranched alkanes of at least 4 members (excludes halogenated alkanes) is 11. The van der Waals surface area contributed by atoms with Crippen LogP contribution in [0.5, 0.6) is 5.75 Å². The molecule has 0 fully saturated rings. The summed E-state index contributed by atoms with van der Waals surface area (Å²) in [5.41, 5.74) is 0.606. The zero-order valence-corrected chi connectivity index (χ0v) is 17.5. The molecule has 0 radical (unpaired) electrons. The van der Waals surface area contributed by atoms with E-state index < -0.39 is 0 Å². The van der Waals surface area contributed by atoms with Crippen LogP contribution in [0, 0.1) is 0 Å². The minimum absolute atomic E-state index is 0.104. The quantitative estimate of drug-likeness (QED) is 0.361. The van der Waals surface area contributed by atoms with Crippen molar-refractivity contribution in [3.05, 3.63) is 40.7 Å². The number of phenols is 1. The molecule has 28 heavy (non-hydrogen) atoms. The highest BCUT2D eigenvalue weighted by atomic mass is 16.5. The molecule has 0 aliphatic heterocycles. The monoisotopic (exact) mass is 387 g/mol. The highest BCUT2D eigenvalue weighted by Gasteiger charge is 2.04. The molecule has 0 aliphatic carbocycles. The predicted molar refractivity (Wildman–Crippen MR) is 117 cm³/mol. The summed E-state index contributed by atoms with van der Waals surface area (Å²) in [4.78, 5) is 12.1. The molecule has 0 bridgehead atoms. The number of phenolic OH excluding ortho intramolecular Hbond substituents is 1. The Bertz CT molecular complexity index is 738. The number of fused-ring (bicyclic) bond motifs is 1. The lowest BCUT2D eigenvalue weighted by Crippen LogP contribution is -2.21. The van der Waals surface area contributed by atoms with Crippen molar-refractivity contribution in [3.8, 4) is 5.75 Å². The first kappa shape index (κ1) is 22.5. The normalized spacial score (nSPS) is 11.3. The van der Waals surface area contributed by atoms with Gasteiger partial charge in [0.05, 0.1) is 5.52 Å². The minimum atomic E-state index is -0.104. The van der Waals surface area contributed by atoms with Gasteiger partial charge in [0.25, 0.3) is 5.56 Å². The van der Waals surface area contributed by atoms with Gasteiger partial charge in [-0.15, -0.1) is 0 Å². The molecule has 1 heterocycles. The molecular weight excluding hydrogens is 350 g/mol. The van der Waals surface area contributed by atoms with Gasteiger partial charge in [-0.05, 0) is 30.0 Å². The summed E-state index contributed by atoms with van der Waals surface area (Å²) in [6.07, 6.45) is 15.8. The van der Waals surface area contributed by atoms with E-state index in [-0.39, 0.29) is 18.0 Å². The molecular formula is C24H37NO3. The van der Waals surface area contributed by atoms with E-state index in [1.807, 2.05) is 6.07 Å². The van der Waals surface area contributed by atoms with Crippen molar-refractivity contribution in [2.45, 2.75) is 90.7 Å². The van der Waals surface area contributed by atoms with E-state index in [4.69, 9.17) is 4.74 Å². The fourth-order valence-corrected chi connectivity index (χ4v) is 3.61. The number of benzene rings is 1. The number of hydrogen-bond donors (Lipinski definition) is 1. The van der Waals surface area contributed by atoms with Gasteiger partial charge in [0.15, 0.2) is 0 Å². The van der Waals surface area contributed by atoms with Crippen molar-refractivity contribution in [1.82, 2.24) is 4.57 Å². The van der Waals surface area contributed by atoms with Gasteiger partial charge in [-0.25, -0.2) is 0 Å². The van der Waals surface area contributed by atoms with Crippen LogP contribution >= 0.6 is 0 Å². The first-order valence-electron chi connectivity index (χ1n) is 11.1. The Labute approximate surface area is 169 Å². The van der Waals surface area contributed by atoms with Gasteiger partial charge >= 0.3 is 0 Å². The van der Waals surface area contributed by atoms with E-state index in [9.17, 15) is 9.90 Å². The average Bonchev–Trinajstić information content (AvgIpc) is 2.69. The Kier molecular flexibility index (Phi) is 10.7. The summed E-state index contributed by atoms with van der Waals surface area (Å²) in [6, 6.07) is 8.38. The van der Waals surface area contributed by atoms with Gasteiger partial charge in [-0.3, -0.25) is 9.36 Å². The van der Waals surface area contributed by atoms with Crippen LogP contribution in [0.15, 0.2) is 35.1 Å². The van der Waals surface area contributed by atoms with E-state index in [1.165, 1.54) is 70.6 Å². The molecule has 0 spiro atoms. The molecule has 0 saturated heterocycles. The summed E-state index contributed by atoms with van der Waals surface area (Å²) < 4.78 is 7.30. The number of nitrogens with zero attached hydrogens (tertiary/aromatic N) is 1. The summed E-state index contributed by atoms with van der Waals surface area (Å²) in [6.45, 7) is 3.16. The number of aromatic hydroxyl groups is 1. The molecule has 2 rings (SSSR count). The zero-order valence-electron chi connectivity index (χ0n) is 17.5. The molecule has 1 aromatic carbocycles. The third-order valence-corrected chi connectivity index (χ3v) is 5.34. The van der Waals surface area contributed by atoms with Crippen LogP contribution in [-0.2, 0) is 11.5 Å². The topological polar surface area (TPSA) is 51.5 Å². The second kappa shape index (κ2) is 13.4. The molecule has 0 aliphatic rings. The molecule has 0 saturated carbocycles. The zero-order chi connectivity index (χ0) is 20.0. The minimum Gasteiger partial charge on any atom is -0.508 e. The fourth-order valence-electron chi connectivity index (χ4n) is 3.61. The maximum absolute atomic E-state index is 12.1. The van der Waals surface area contributed by atoms with Crippen molar-refractivity contribution in [3.63, 3.8) is 0 Å². The van der Waals surface area contributed by atoms with Crippen LogP contribution < -0.4 is 5.56 Å². The molecule has 0 atom stereocenters. The van der Waals surface area contributed by atoms with Crippen molar-refractivity contribution >= 4 is 10.9 Å². The highest BCUT2D eigenvalue weighted by Crippen LogP contribution is 2.18. The number of pyridine rings is 1. The van der Waals surface area contributed by atoms with Crippen molar-refractivity contribution < 1.29 is 9.84 Å². The van der Waals surface area contributed by atoms with Crippen LogP contribution in [0.4, 0.5) is 0 Å². The van der Waals surface area contributed by atoms with Crippen LogP contribution in [0.2, 0.25) is 0 Å². The number of aromatic nitrogens is 1. The molecule has 1 aromatic heterocycles. The first-order chi connectivity index (χ1) is 13.7. The Balaban J connectivity index is 1.53. The van der Waals surface area contributed by atoms with E-state index in [0.29, 0.717) is 12.1 Å². The third-order valence-electron chi connectivity index (χ3n) is 5.34. The second-order valence-electron chi connectivity index (χ2n) is 7.77. The molecule has 0 amide bonds. The lowest BCUT2D eigenvalue weighted by molar-refractivity contribution is 0.0745. The SMILES string of the molecule is CCCCCCCCCCCCCCOCn1c(=O)ccc2ccc(O)cc21. The van der Waals surface area contributed by atoms with Gasteiger partial charge in [-0.2, -0.15) is 0 Å². The molecule has 2 aromatic rings. The fraction of sp³-hybridized carbons (Fsp3) is 0.625. The Morgan fingerprint density at radius 2 is 1.39 bits per heavy atom. The predicted octanol–water partition coefficient (Wildman–Crippen LogP) is 6.38. The largest absolute Gasteiger partial charge is 0.508 e. The van der Waals surface area contributed by atoms with E-state index >= 15 is 0 Å². The smallest absolute Gasteiger partial charge is 0.252 e. The molecule has 156 valence electrons. The Morgan fingerprint density at radius 3 is 2.04 bits per heavy atom. The maximum Gasteiger partial charge on any atom is 0.252 e. The second-order valence-corrected chi connectivity index (χ2v) is 7.77. The number of hydrogen-bond acceptors (Lipinski definition) is 3. The molecule has 1 N–H and O–H groups in total. The van der Waals surface area contributed by atoms with Crippen LogP contribution in [0.1, 0.15) is 84.0 Å². The average molecular weight is 388 g/mol. The van der Waals surface area contributed by atoms with Crippen molar-refractivity contribution in [2.75, 3.05) is 6.61 Å². The lowest BCUT2D eigenvalue weighted by atomic mass is 10.1. The van der Waals surface area contributed by atoms with Gasteiger partial charge < -0.3 is 9.84 Å². The standard InChI is InChI=1S/C24H37NO3/c1-2-3-4-5-6-7-8-9-10-11-12-13-18-28-20-25-23-19-22(26)16-14-21(23)15-17-24(25)27/h14-17,19,26H,2-13,18,20H2,1H3. The first-order valence-corrected chi connectivity index (χ1v) is 11.1. The van der Waals surface area contributed by atoms with Gasteiger partial charge in [0.1, 0.15) is 12.5 Å². The summed E-state index contributed by atoms with van der Waals surface area (Å²) in [7, 11) is 0. The van der Waals surface area contributed by atoms with Gasteiger partial charge in [0, 0.05) is 18.7 Å². The molecule has 0 unspecified atom stereocenters. The maximum atomic E-state index is 12.1. The summed E-state index contributed by atoms with van der Waals surface area (Å²) in [5, 5.41) is 10.6. The van der Waals surface area contributed by atoms with E-state index in [2.05, 4.69) is 6.92 Å². The van der Waals surface area contributed by atoms with Gasteiger partial charge in [-0.1, -0.05) is 77.6 Å². The summed E-state index contributed by atoms with van der Waals surface area (Å²) >= 11 is 0. The number of rotatable bonds is 15. The molecule has 4 nitrogen and oxygen atoms in total. The van der Waals surface area contributed by atoms with Crippen LogP contribution in [0.25, 0.3) is 10.9 Å². The summed E-state index contributed by atoms with van der Waals surface area (Å²) in [5.74, 6) is 0.160. The third kappa shape index (κ3) is 8.05. The number of ether oxygens (including phenoxy) is 1.